The van der Waals surface area contributed by atoms with Crippen LogP contribution in [0.5, 0.6) is 0 Å². The first-order chi connectivity index (χ1) is 12.2. The summed E-state index contributed by atoms with van der Waals surface area (Å²) in [5.41, 5.74) is 1.64. The van der Waals surface area contributed by atoms with Crippen LogP contribution in [0, 0.1) is 6.92 Å². The fourth-order valence-electron chi connectivity index (χ4n) is 1.97. The van der Waals surface area contributed by atoms with Gasteiger partial charge >= 0.3 is 11.8 Å². The van der Waals surface area contributed by atoms with Crippen LogP contribution >= 0.6 is 0 Å². The highest BCUT2D eigenvalue weighted by Crippen LogP contribution is 2.14. The molecule has 0 saturated heterocycles. The van der Waals surface area contributed by atoms with Crippen LogP contribution in [-0.4, -0.2) is 26.1 Å². The number of amides is 3. The number of carbonyl (C=O) groups is 3. The smallest absolute Gasteiger partial charge is 0.323 e. The highest BCUT2D eigenvalue weighted by Gasteiger charge is 2.22. The predicted octanol–water partition coefficient (Wildman–Crippen LogP) is 1.40. The van der Waals surface area contributed by atoms with Gasteiger partial charge in [0, 0.05) is 18.3 Å². The van der Waals surface area contributed by atoms with Crippen molar-refractivity contribution in [1.82, 2.24) is 4.72 Å². The van der Waals surface area contributed by atoms with Gasteiger partial charge in [0.25, 0.3) is 10.0 Å². The van der Waals surface area contributed by atoms with Crippen LogP contribution in [0.2, 0.25) is 0 Å². The molecule has 2 aromatic rings. The fourth-order valence-corrected chi connectivity index (χ4v) is 2.92. The average Bonchev–Trinajstić information content (AvgIpc) is 2.56. The molecule has 0 spiro atoms. The number of anilines is 2. The second kappa shape index (κ2) is 7.79. The molecule has 0 fully saturated rings. The lowest BCUT2D eigenvalue weighted by molar-refractivity contribution is -0.135. The third kappa shape index (κ3) is 5.15. The van der Waals surface area contributed by atoms with Gasteiger partial charge in [-0.05, 0) is 43.3 Å². The lowest BCUT2D eigenvalue weighted by Gasteiger charge is -2.08. The largest absolute Gasteiger partial charge is 0.326 e. The van der Waals surface area contributed by atoms with E-state index < -0.39 is 21.8 Å². The molecule has 0 unspecified atom stereocenters. The summed E-state index contributed by atoms with van der Waals surface area (Å²) in [6.45, 7) is 3.15. The van der Waals surface area contributed by atoms with Gasteiger partial charge in [-0.25, -0.2) is 13.1 Å². The Balaban J connectivity index is 2.02. The molecule has 0 aliphatic rings. The molecule has 0 saturated carbocycles. The van der Waals surface area contributed by atoms with Crippen LogP contribution in [0.25, 0.3) is 0 Å². The Labute approximate surface area is 150 Å². The average molecular weight is 375 g/mol. The summed E-state index contributed by atoms with van der Waals surface area (Å²) in [5.74, 6) is -2.69. The molecule has 3 N–H and O–H groups in total. The number of carbonyl (C=O) groups excluding carboxylic acids is 3. The number of rotatable bonds is 4. The van der Waals surface area contributed by atoms with Crippen molar-refractivity contribution in [2.75, 3.05) is 10.6 Å². The summed E-state index contributed by atoms with van der Waals surface area (Å²) in [7, 11) is -4.14. The number of aryl methyl sites for hydroxylation is 1. The van der Waals surface area contributed by atoms with Gasteiger partial charge in [-0.3, -0.25) is 14.4 Å². The van der Waals surface area contributed by atoms with Crippen molar-refractivity contribution >= 4 is 39.1 Å². The molecule has 26 heavy (non-hydrogen) atoms. The number of hydrogen-bond donors (Lipinski definition) is 3. The molecule has 0 bridgehead atoms. The quantitative estimate of drug-likeness (QED) is 0.698. The SMILES string of the molecule is CC(=O)Nc1ccc(NC(=O)C(=O)NS(=O)(=O)c2ccc(C)cc2)cc1. The topological polar surface area (TPSA) is 121 Å². The van der Waals surface area contributed by atoms with Crippen LogP contribution in [0.1, 0.15) is 12.5 Å². The minimum Gasteiger partial charge on any atom is -0.326 e. The van der Waals surface area contributed by atoms with Crippen LogP contribution < -0.4 is 15.4 Å². The van der Waals surface area contributed by atoms with Gasteiger partial charge in [0.15, 0.2) is 0 Å². The zero-order valence-electron chi connectivity index (χ0n) is 14.1. The van der Waals surface area contributed by atoms with E-state index in [9.17, 15) is 22.8 Å². The molecule has 2 aromatic carbocycles. The number of nitrogens with one attached hydrogen (secondary N) is 3. The minimum absolute atomic E-state index is 0.121. The highest BCUT2D eigenvalue weighted by atomic mass is 32.2. The van der Waals surface area contributed by atoms with Crippen molar-refractivity contribution in [3.05, 3.63) is 54.1 Å². The van der Waals surface area contributed by atoms with E-state index in [1.807, 2.05) is 0 Å². The van der Waals surface area contributed by atoms with Crippen molar-refractivity contribution in [2.45, 2.75) is 18.7 Å². The van der Waals surface area contributed by atoms with Gasteiger partial charge in [0.1, 0.15) is 0 Å². The molecule has 9 heteroatoms. The summed E-state index contributed by atoms with van der Waals surface area (Å²) in [5, 5.41) is 4.83. The summed E-state index contributed by atoms with van der Waals surface area (Å²) in [4.78, 5) is 34.6. The third-order valence-corrected chi connectivity index (χ3v) is 4.57. The second-order valence-electron chi connectivity index (χ2n) is 5.46. The molecule has 0 atom stereocenters. The van der Waals surface area contributed by atoms with Crippen molar-refractivity contribution in [1.29, 1.82) is 0 Å². The van der Waals surface area contributed by atoms with Gasteiger partial charge in [-0.1, -0.05) is 17.7 Å². The van der Waals surface area contributed by atoms with E-state index in [0.29, 0.717) is 5.69 Å². The van der Waals surface area contributed by atoms with E-state index in [1.165, 1.54) is 43.3 Å². The molecule has 0 aliphatic carbocycles. The van der Waals surface area contributed by atoms with Gasteiger partial charge in [0.05, 0.1) is 4.90 Å². The zero-order valence-corrected chi connectivity index (χ0v) is 14.9. The molecular formula is C17H17N3O5S. The molecule has 0 radical (unpaired) electrons. The van der Waals surface area contributed by atoms with Crippen molar-refractivity contribution in [3.63, 3.8) is 0 Å². The molecule has 136 valence electrons. The van der Waals surface area contributed by atoms with Gasteiger partial charge in [-0.15, -0.1) is 0 Å². The normalized spacial score (nSPS) is 10.7. The number of benzene rings is 2. The summed E-state index contributed by atoms with van der Waals surface area (Å²) in [6.07, 6.45) is 0. The Bertz CT molecular complexity index is 935. The lowest BCUT2D eigenvalue weighted by atomic mass is 10.2. The minimum atomic E-state index is -4.14. The van der Waals surface area contributed by atoms with Crippen LogP contribution in [0.3, 0.4) is 0 Å². The van der Waals surface area contributed by atoms with E-state index in [-0.39, 0.29) is 16.5 Å². The van der Waals surface area contributed by atoms with Crippen molar-refractivity contribution in [3.8, 4) is 0 Å². The molecule has 0 heterocycles. The first kappa shape index (κ1) is 19.1. The standard InChI is InChI=1S/C17H17N3O5S/c1-11-3-9-15(10-4-11)26(24,25)20-17(23)16(22)19-14-7-5-13(6-8-14)18-12(2)21/h3-10H,1-2H3,(H,18,21)(H,19,22)(H,20,23). The van der Waals surface area contributed by atoms with E-state index in [0.717, 1.165) is 5.56 Å². The first-order valence-electron chi connectivity index (χ1n) is 7.50. The van der Waals surface area contributed by atoms with E-state index in [4.69, 9.17) is 0 Å². The zero-order chi connectivity index (χ0) is 19.3. The van der Waals surface area contributed by atoms with E-state index in [2.05, 4.69) is 10.6 Å². The molecule has 3 amide bonds. The van der Waals surface area contributed by atoms with Crippen molar-refractivity contribution in [2.24, 2.45) is 0 Å². The third-order valence-electron chi connectivity index (χ3n) is 3.23. The maximum absolute atomic E-state index is 12.1. The summed E-state index contributed by atoms with van der Waals surface area (Å²) >= 11 is 0. The molecule has 2 rings (SSSR count). The van der Waals surface area contributed by atoms with Crippen LogP contribution in [0.4, 0.5) is 11.4 Å². The maximum atomic E-state index is 12.1. The summed E-state index contributed by atoms with van der Waals surface area (Å²) < 4.78 is 25.9. The Hall–Kier alpha value is -3.20. The van der Waals surface area contributed by atoms with Gasteiger partial charge in [0.2, 0.25) is 5.91 Å². The van der Waals surface area contributed by atoms with Gasteiger partial charge in [-0.2, -0.15) is 0 Å². The fraction of sp³-hybridized carbons (Fsp3) is 0.118. The number of hydrogen-bond acceptors (Lipinski definition) is 5. The first-order valence-corrected chi connectivity index (χ1v) is 8.98. The maximum Gasteiger partial charge on any atom is 0.323 e. The van der Waals surface area contributed by atoms with E-state index >= 15 is 0 Å². The lowest BCUT2D eigenvalue weighted by Crippen LogP contribution is -2.39. The molecule has 0 aromatic heterocycles. The Morgan fingerprint density at radius 3 is 1.77 bits per heavy atom. The molecular weight excluding hydrogens is 358 g/mol. The van der Waals surface area contributed by atoms with Crippen molar-refractivity contribution < 1.29 is 22.8 Å². The van der Waals surface area contributed by atoms with Gasteiger partial charge < -0.3 is 10.6 Å². The molecule has 0 aliphatic heterocycles. The monoisotopic (exact) mass is 375 g/mol. The van der Waals surface area contributed by atoms with E-state index in [1.54, 1.807) is 23.8 Å². The Kier molecular flexibility index (Phi) is 5.73. The van der Waals surface area contributed by atoms with Crippen LogP contribution in [0.15, 0.2) is 53.4 Å². The highest BCUT2D eigenvalue weighted by molar-refractivity contribution is 7.90. The second-order valence-corrected chi connectivity index (χ2v) is 7.14. The molecule has 8 nitrogen and oxygen atoms in total. The Morgan fingerprint density at radius 1 is 0.769 bits per heavy atom. The summed E-state index contributed by atoms with van der Waals surface area (Å²) in [6, 6.07) is 11.8. The van der Waals surface area contributed by atoms with Crippen LogP contribution in [-0.2, 0) is 24.4 Å². The predicted molar refractivity (Wildman–Crippen MR) is 95.9 cm³/mol. The number of sulfonamides is 1. The Morgan fingerprint density at radius 2 is 1.27 bits per heavy atom.